The number of esters is 1. The SMILES string of the molecule is COc1cc2c(c(Cl)c1O)Oc1c(cc(OC)c(O)c1Cl)C21OC(=O)c2ccc(C(=O)NC/C=C/c3cn([C@@H]4O[C@H](COP(=O)(O)OP(=O)(O)OP(=O)(O)O)[C@@H](O)[C@H]4O)c(=O)[nH]c3=O)cc21. The summed E-state index contributed by atoms with van der Waals surface area (Å²) in [5.74, 6) is -3.43. The van der Waals surface area contributed by atoms with Crippen molar-refractivity contribution in [3.05, 3.63) is 107 Å². The first-order valence-corrected chi connectivity index (χ1v) is 23.5. The van der Waals surface area contributed by atoms with E-state index in [-0.39, 0.29) is 73.0 Å². The zero-order valence-electron chi connectivity index (χ0n) is 33.1. The van der Waals surface area contributed by atoms with Crippen LogP contribution in [0.1, 0.15) is 49.2 Å². The molecule has 3 aliphatic heterocycles. The number of hydrogen-bond acceptors (Lipinski definition) is 19. The van der Waals surface area contributed by atoms with Crippen molar-refractivity contribution in [3.8, 4) is 34.5 Å². The van der Waals surface area contributed by atoms with Crippen LogP contribution < -0.4 is 30.8 Å². The minimum Gasteiger partial charge on any atom is -0.503 e. The zero-order valence-corrected chi connectivity index (χ0v) is 37.3. The van der Waals surface area contributed by atoms with Crippen molar-refractivity contribution in [1.82, 2.24) is 14.9 Å². The molecule has 10 N–H and O–H groups in total. The van der Waals surface area contributed by atoms with Gasteiger partial charge < -0.3 is 69.0 Å². The molecular formula is C35H32Cl2N3O23P3. The van der Waals surface area contributed by atoms with Crippen molar-refractivity contribution < 1.29 is 100 Å². The van der Waals surface area contributed by atoms with Crippen LogP contribution in [-0.2, 0) is 41.9 Å². The maximum absolute atomic E-state index is 13.6. The number of hydrogen-bond donors (Lipinski definition) is 10. The molecule has 0 aliphatic carbocycles. The Hall–Kier alpha value is -5.11. The number of aliphatic hydroxyl groups excluding tert-OH is 2. The van der Waals surface area contributed by atoms with E-state index in [1.54, 1.807) is 0 Å². The first-order chi connectivity index (χ1) is 30.8. The normalized spacial score (nSPS) is 21.3. The number of nitrogens with zero attached hydrogens (tertiary/aromatic N) is 1. The fraction of sp³-hybridized carbons (Fsp3) is 0.257. The fourth-order valence-electron chi connectivity index (χ4n) is 7.10. The molecule has 1 aromatic heterocycles. The number of rotatable bonds is 14. The largest absolute Gasteiger partial charge is 0.503 e. The molecule has 354 valence electrons. The van der Waals surface area contributed by atoms with Gasteiger partial charge in [0.1, 0.15) is 28.4 Å². The van der Waals surface area contributed by atoms with Gasteiger partial charge in [0.25, 0.3) is 11.5 Å². The molecule has 3 aliphatic rings. The third-order valence-corrected chi connectivity index (χ3v) is 14.5. The molecule has 4 heterocycles. The number of aromatic amines is 1. The molecule has 3 aromatic carbocycles. The lowest BCUT2D eigenvalue weighted by Crippen LogP contribution is -2.38. The Morgan fingerprint density at radius 3 is 2.08 bits per heavy atom. The number of benzene rings is 3. The number of amides is 1. The molecule has 0 saturated carbocycles. The van der Waals surface area contributed by atoms with Gasteiger partial charge in [0.05, 0.1) is 43.1 Å². The van der Waals surface area contributed by atoms with E-state index in [9.17, 15) is 63.1 Å². The van der Waals surface area contributed by atoms with Gasteiger partial charge in [0.2, 0.25) is 0 Å². The molecule has 0 radical (unpaired) electrons. The average Bonchev–Trinajstić information content (AvgIpc) is 3.68. The lowest BCUT2D eigenvalue weighted by molar-refractivity contribution is -0.0542. The number of aromatic hydroxyl groups is 2. The standard InChI is InChI=1S/C35H32Cl2N3O23P3/c1-56-19-9-17-28(22(36)24(19)41)60-29-18(10-20(57-2)25(42)23(29)37)35(17)16-8-13(5-6-15(16)33(47)61-35)30(45)38-7-3-4-14-11-40(34(48)39-31(14)46)32-27(44)26(43)21(59-32)12-58-65(52,53)63-66(54,55)62-64(49,50)51/h3-6,8-11,21,26-27,32,41-44H,7,12H2,1-2H3,(H,38,45)(H,52,53)(H,54,55)(H,39,46,48)(H2,49,50,51)/b4-3+/t21-,26-,27-,32-/m1/s1. The van der Waals surface area contributed by atoms with Crippen LogP contribution in [-0.4, -0.2) is 107 Å². The lowest BCUT2D eigenvalue weighted by atomic mass is 9.77. The Kier molecular flexibility index (Phi) is 13.2. The molecule has 1 amide bonds. The highest BCUT2D eigenvalue weighted by atomic mass is 35.5. The van der Waals surface area contributed by atoms with Crippen molar-refractivity contribution >= 4 is 64.6 Å². The first kappa shape index (κ1) is 48.8. The third kappa shape index (κ3) is 9.02. The maximum Gasteiger partial charge on any atom is 0.490 e. The van der Waals surface area contributed by atoms with Gasteiger partial charge in [0, 0.05) is 23.9 Å². The molecular weight excluding hydrogens is 994 g/mol. The molecule has 31 heteroatoms. The van der Waals surface area contributed by atoms with E-state index >= 15 is 0 Å². The van der Waals surface area contributed by atoms with Crippen LogP contribution in [0.15, 0.2) is 52.2 Å². The number of fused-ring (bicyclic) bond motifs is 6. The van der Waals surface area contributed by atoms with Gasteiger partial charge >= 0.3 is 35.1 Å². The van der Waals surface area contributed by atoms with Gasteiger partial charge in [-0.15, -0.1) is 0 Å². The van der Waals surface area contributed by atoms with Crippen molar-refractivity contribution in [2.75, 3.05) is 27.4 Å². The number of aromatic nitrogens is 2. The van der Waals surface area contributed by atoms with Gasteiger partial charge in [-0.05, 0) is 30.3 Å². The number of carbonyl (C=O) groups is 2. The van der Waals surface area contributed by atoms with Crippen LogP contribution >= 0.6 is 46.7 Å². The van der Waals surface area contributed by atoms with Crippen LogP contribution in [0.4, 0.5) is 0 Å². The van der Waals surface area contributed by atoms with E-state index in [1.165, 1.54) is 50.6 Å². The molecule has 1 fully saturated rings. The van der Waals surface area contributed by atoms with E-state index in [0.29, 0.717) is 4.57 Å². The molecule has 7 rings (SSSR count). The molecule has 0 bridgehead atoms. The summed E-state index contributed by atoms with van der Waals surface area (Å²) in [5.41, 5.74) is -4.32. The number of ether oxygens (including phenoxy) is 5. The molecule has 1 spiro atoms. The number of nitrogens with one attached hydrogen (secondary N) is 2. The summed E-state index contributed by atoms with van der Waals surface area (Å²) in [4.78, 5) is 91.1. The van der Waals surface area contributed by atoms with E-state index < -0.39 is 94.8 Å². The zero-order chi connectivity index (χ0) is 48.4. The monoisotopic (exact) mass is 1030 g/mol. The van der Waals surface area contributed by atoms with Crippen LogP contribution in [0.25, 0.3) is 6.08 Å². The van der Waals surface area contributed by atoms with Crippen molar-refractivity contribution in [1.29, 1.82) is 0 Å². The summed E-state index contributed by atoms with van der Waals surface area (Å²) < 4.78 is 75.1. The Morgan fingerprint density at radius 1 is 0.894 bits per heavy atom. The predicted octanol–water partition coefficient (Wildman–Crippen LogP) is 2.25. The minimum absolute atomic E-state index is 0.0135. The number of halogens is 2. The number of phenolic OH excluding ortho intramolecular Hbond substituents is 2. The second-order valence-electron chi connectivity index (χ2n) is 14.0. The molecule has 1 saturated heterocycles. The maximum atomic E-state index is 13.6. The summed E-state index contributed by atoms with van der Waals surface area (Å²) in [7, 11) is -14.8. The summed E-state index contributed by atoms with van der Waals surface area (Å²) in [6, 6.07) is 6.56. The Labute approximate surface area is 377 Å². The number of phosphoric ester groups is 1. The Morgan fingerprint density at radius 2 is 1.50 bits per heavy atom. The predicted molar refractivity (Wildman–Crippen MR) is 220 cm³/mol. The van der Waals surface area contributed by atoms with Crippen LogP contribution in [0, 0.1) is 0 Å². The van der Waals surface area contributed by atoms with E-state index in [4.69, 9.17) is 56.7 Å². The van der Waals surface area contributed by atoms with Crippen molar-refractivity contribution in [2.45, 2.75) is 30.1 Å². The molecule has 4 aromatic rings. The number of H-pyrrole nitrogens is 1. The van der Waals surface area contributed by atoms with Gasteiger partial charge in [-0.2, -0.15) is 8.62 Å². The van der Waals surface area contributed by atoms with Crippen LogP contribution in [0.5, 0.6) is 34.5 Å². The second kappa shape index (κ2) is 17.8. The van der Waals surface area contributed by atoms with Crippen LogP contribution in [0.2, 0.25) is 10.0 Å². The van der Waals surface area contributed by atoms with Gasteiger partial charge in [-0.3, -0.25) is 23.7 Å². The number of phenols is 2. The highest BCUT2D eigenvalue weighted by Crippen LogP contribution is 2.67. The van der Waals surface area contributed by atoms with E-state index in [1.807, 2.05) is 4.98 Å². The van der Waals surface area contributed by atoms with Crippen molar-refractivity contribution in [2.24, 2.45) is 0 Å². The Bertz CT molecular complexity index is 2930. The topological polar surface area (TPSA) is 388 Å². The quantitative estimate of drug-likeness (QED) is 0.0639. The molecule has 26 nitrogen and oxygen atoms in total. The summed E-state index contributed by atoms with van der Waals surface area (Å²) in [6.07, 6.45) is -4.20. The highest BCUT2D eigenvalue weighted by Gasteiger charge is 2.56. The summed E-state index contributed by atoms with van der Waals surface area (Å²) in [6.45, 7) is -1.47. The first-order valence-electron chi connectivity index (χ1n) is 18.2. The van der Waals surface area contributed by atoms with Gasteiger partial charge in [-0.1, -0.05) is 35.4 Å². The summed E-state index contributed by atoms with van der Waals surface area (Å²) in [5, 5.41) is 44.5. The highest BCUT2D eigenvalue weighted by molar-refractivity contribution is 7.66. The van der Waals surface area contributed by atoms with E-state index in [2.05, 4.69) is 18.5 Å². The number of methoxy groups -OCH3 is 2. The molecule has 2 unspecified atom stereocenters. The van der Waals surface area contributed by atoms with Crippen molar-refractivity contribution in [3.63, 3.8) is 0 Å². The molecule has 6 atom stereocenters. The number of aliphatic hydroxyl groups is 2. The fourth-order valence-corrected chi connectivity index (χ4v) is 10.6. The summed E-state index contributed by atoms with van der Waals surface area (Å²) >= 11 is 13.1. The van der Waals surface area contributed by atoms with Gasteiger partial charge in [0.15, 0.2) is 46.3 Å². The minimum atomic E-state index is -5.89. The Balaban J connectivity index is 1.11. The second-order valence-corrected chi connectivity index (χ2v) is 19.1. The number of carbonyl (C=O) groups excluding carboxylic acids is 2. The van der Waals surface area contributed by atoms with E-state index in [0.717, 1.165) is 12.3 Å². The molecule has 66 heavy (non-hydrogen) atoms. The number of phosphoric acid groups is 3. The lowest BCUT2D eigenvalue weighted by Gasteiger charge is -2.37. The average molecular weight is 1030 g/mol. The smallest absolute Gasteiger partial charge is 0.490 e. The van der Waals surface area contributed by atoms with Crippen LogP contribution in [0.3, 0.4) is 0 Å². The third-order valence-electron chi connectivity index (χ3n) is 9.95. The van der Waals surface area contributed by atoms with Gasteiger partial charge in [-0.25, -0.2) is 23.3 Å².